The van der Waals surface area contributed by atoms with E-state index >= 15 is 0 Å². The molecule has 0 saturated heterocycles. The Balaban J connectivity index is 1.17. The number of para-hydroxylation sites is 1. The second-order valence-corrected chi connectivity index (χ2v) is 13.3. The standard InChI is InChI=1S/C48H30N2O/c1-2-16-34(17-3-1)49(36-24-26-39-40-20-8-14-33-15-10-22-45(47(33)40)51-46(39)30-36)35-25-28-43-41(29-35)48-38-19-7-5-12-32(38)23-27-44(48)50(43)42-21-9-13-31-11-4-6-18-37(31)42/h1-30H. The first kappa shape index (κ1) is 28.0. The van der Waals surface area contributed by atoms with Gasteiger partial charge in [-0.15, -0.1) is 0 Å². The van der Waals surface area contributed by atoms with Crippen LogP contribution >= 0.6 is 0 Å². The first-order valence-electron chi connectivity index (χ1n) is 17.4. The van der Waals surface area contributed by atoms with Crippen LogP contribution in [0.5, 0.6) is 11.5 Å². The predicted octanol–water partition coefficient (Wildman–Crippen LogP) is 13.5. The fourth-order valence-electron chi connectivity index (χ4n) is 8.30. The minimum atomic E-state index is 0.860. The van der Waals surface area contributed by atoms with E-state index in [1.165, 1.54) is 65.4 Å². The van der Waals surface area contributed by atoms with E-state index < -0.39 is 0 Å². The summed E-state index contributed by atoms with van der Waals surface area (Å²) >= 11 is 0. The van der Waals surface area contributed by atoms with Gasteiger partial charge in [0.25, 0.3) is 0 Å². The van der Waals surface area contributed by atoms with Crippen molar-refractivity contribution in [3.8, 4) is 28.3 Å². The van der Waals surface area contributed by atoms with Gasteiger partial charge >= 0.3 is 0 Å². The zero-order valence-corrected chi connectivity index (χ0v) is 27.6. The molecule has 0 amide bonds. The number of hydrogen-bond donors (Lipinski definition) is 0. The van der Waals surface area contributed by atoms with Crippen molar-refractivity contribution in [2.24, 2.45) is 0 Å². The molecule has 0 aliphatic carbocycles. The largest absolute Gasteiger partial charge is 0.456 e. The summed E-state index contributed by atoms with van der Waals surface area (Å²) < 4.78 is 9.09. The molecular weight excluding hydrogens is 621 g/mol. The van der Waals surface area contributed by atoms with Gasteiger partial charge in [0.2, 0.25) is 0 Å². The first-order valence-corrected chi connectivity index (χ1v) is 17.4. The fourth-order valence-corrected chi connectivity index (χ4v) is 8.30. The zero-order chi connectivity index (χ0) is 33.5. The predicted molar refractivity (Wildman–Crippen MR) is 213 cm³/mol. The lowest BCUT2D eigenvalue weighted by molar-refractivity contribution is 0.487. The van der Waals surface area contributed by atoms with E-state index in [-0.39, 0.29) is 0 Å². The van der Waals surface area contributed by atoms with Gasteiger partial charge in [0, 0.05) is 50.2 Å². The van der Waals surface area contributed by atoms with Crippen molar-refractivity contribution >= 4 is 71.2 Å². The van der Waals surface area contributed by atoms with E-state index in [4.69, 9.17) is 4.74 Å². The van der Waals surface area contributed by atoms with Crippen LogP contribution < -0.4 is 9.64 Å². The van der Waals surface area contributed by atoms with E-state index in [1.54, 1.807) is 0 Å². The first-order chi connectivity index (χ1) is 25.3. The summed E-state index contributed by atoms with van der Waals surface area (Å²) in [6.07, 6.45) is 0. The van der Waals surface area contributed by atoms with Crippen molar-refractivity contribution in [2.45, 2.75) is 0 Å². The third kappa shape index (κ3) is 4.19. The molecule has 2 heterocycles. The Labute approximate surface area is 294 Å². The third-order valence-corrected chi connectivity index (χ3v) is 10.5. The lowest BCUT2D eigenvalue weighted by Gasteiger charge is -2.28. The van der Waals surface area contributed by atoms with Crippen LogP contribution in [-0.2, 0) is 0 Å². The molecule has 1 aromatic heterocycles. The normalized spacial score (nSPS) is 12.1. The van der Waals surface area contributed by atoms with Gasteiger partial charge in [0.1, 0.15) is 11.5 Å². The topological polar surface area (TPSA) is 17.4 Å². The van der Waals surface area contributed by atoms with Gasteiger partial charge in [-0.3, -0.25) is 0 Å². The number of anilines is 3. The molecule has 0 saturated carbocycles. The fraction of sp³-hybridized carbons (Fsp3) is 0. The molecule has 238 valence electrons. The summed E-state index contributed by atoms with van der Waals surface area (Å²) in [5, 5.41) is 9.76. The van der Waals surface area contributed by atoms with Crippen molar-refractivity contribution in [1.82, 2.24) is 4.57 Å². The average molecular weight is 651 g/mol. The van der Waals surface area contributed by atoms with E-state index in [2.05, 4.69) is 191 Å². The van der Waals surface area contributed by atoms with Crippen LogP contribution in [0.2, 0.25) is 0 Å². The van der Waals surface area contributed by atoms with Crippen molar-refractivity contribution < 1.29 is 4.74 Å². The lowest BCUT2D eigenvalue weighted by Crippen LogP contribution is -2.10. The highest BCUT2D eigenvalue weighted by Crippen LogP contribution is 2.49. The van der Waals surface area contributed by atoms with Gasteiger partial charge in [0.15, 0.2) is 0 Å². The number of benzene rings is 9. The summed E-state index contributed by atoms with van der Waals surface area (Å²) in [6, 6.07) is 65.5. The number of hydrogen-bond acceptors (Lipinski definition) is 2. The van der Waals surface area contributed by atoms with Crippen molar-refractivity contribution in [2.75, 3.05) is 4.90 Å². The van der Waals surface area contributed by atoms with Gasteiger partial charge in [-0.1, -0.05) is 115 Å². The molecule has 0 atom stereocenters. The average Bonchev–Trinajstić information content (AvgIpc) is 3.52. The minimum Gasteiger partial charge on any atom is -0.456 e. The molecule has 11 rings (SSSR count). The minimum absolute atomic E-state index is 0.860. The Kier molecular flexibility index (Phi) is 5.96. The molecule has 10 aromatic rings. The SMILES string of the molecule is c1ccc(N(c2ccc3c(c2)Oc2cccc4cccc-3c24)c2ccc3c(c2)c2c4ccccc4ccc2n3-c2cccc3ccccc23)cc1. The van der Waals surface area contributed by atoms with Crippen LogP contribution in [0.1, 0.15) is 0 Å². The summed E-state index contributed by atoms with van der Waals surface area (Å²) in [7, 11) is 0. The maximum absolute atomic E-state index is 6.65. The molecule has 9 aromatic carbocycles. The second-order valence-electron chi connectivity index (χ2n) is 13.3. The van der Waals surface area contributed by atoms with Crippen molar-refractivity contribution in [3.63, 3.8) is 0 Å². The molecule has 0 fully saturated rings. The molecule has 1 aliphatic heterocycles. The number of nitrogens with zero attached hydrogens (tertiary/aromatic N) is 2. The molecule has 51 heavy (non-hydrogen) atoms. The quantitative estimate of drug-likeness (QED) is 0.189. The van der Waals surface area contributed by atoms with Gasteiger partial charge in [-0.05, 0) is 87.8 Å². The number of rotatable bonds is 4. The third-order valence-electron chi connectivity index (χ3n) is 10.5. The van der Waals surface area contributed by atoms with E-state index in [9.17, 15) is 0 Å². The second kappa shape index (κ2) is 10.8. The van der Waals surface area contributed by atoms with Crippen LogP contribution in [0, 0.1) is 0 Å². The van der Waals surface area contributed by atoms with E-state index in [1.807, 2.05) is 0 Å². The molecule has 0 spiro atoms. The van der Waals surface area contributed by atoms with Gasteiger partial charge in [-0.2, -0.15) is 0 Å². The Morgan fingerprint density at radius 1 is 0.373 bits per heavy atom. The number of fused-ring (bicyclic) bond motifs is 8. The summed E-state index contributed by atoms with van der Waals surface area (Å²) in [4.78, 5) is 2.34. The van der Waals surface area contributed by atoms with Crippen molar-refractivity contribution in [1.29, 1.82) is 0 Å². The maximum Gasteiger partial charge on any atom is 0.137 e. The summed E-state index contributed by atoms with van der Waals surface area (Å²) in [6.45, 7) is 0. The summed E-state index contributed by atoms with van der Waals surface area (Å²) in [5.74, 6) is 1.76. The van der Waals surface area contributed by atoms with Crippen LogP contribution in [0.4, 0.5) is 17.1 Å². The molecule has 0 unspecified atom stereocenters. The Bertz CT molecular complexity index is 3000. The Morgan fingerprint density at radius 2 is 1.04 bits per heavy atom. The van der Waals surface area contributed by atoms with Crippen LogP contribution in [-0.4, -0.2) is 4.57 Å². The van der Waals surface area contributed by atoms with Crippen molar-refractivity contribution in [3.05, 3.63) is 182 Å². The lowest BCUT2D eigenvalue weighted by atomic mass is 9.94. The van der Waals surface area contributed by atoms with E-state index in [0.29, 0.717) is 0 Å². The highest BCUT2D eigenvalue weighted by molar-refractivity contribution is 6.22. The maximum atomic E-state index is 6.65. The van der Waals surface area contributed by atoms with Gasteiger partial charge in [0.05, 0.1) is 16.7 Å². The van der Waals surface area contributed by atoms with E-state index in [0.717, 1.165) is 34.1 Å². The smallest absolute Gasteiger partial charge is 0.137 e. The Hall–Kier alpha value is -6.84. The van der Waals surface area contributed by atoms with Crippen LogP contribution in [0.15, 0.2) is 182 Å². The molecule has 1 aliphatic rings. The molecule has 0 radical (unpaired) electrons. The highest BCUT2D eigenvalue weighted by Gasteiger charge is 2.23. The van der Waals surface area contributed by atoms with Crippen LogP contribution in [0.3, 0.4) is 0 Å². The monoisotopic (exact) mass is 650 g/mol. The molecule has 0 bridgehead atoms. The molecule has 0 N–H and O–H groups in total. The summed E-state index contributed by atoms with van der Waals surface area (Å²) in [5.41, 5.74) is 9.06. The highest BCUT2D eigenvalue weighted by atomic mass is 16.5. The van der Waals surface area contributed by atoms with Crippen LogP contribution in [0.25, 0.3) is 70.9 Å². The number of aromatic nitrogens is 1. The number of ether oxygens (including phenoxy) is 1. The van der Waals surface area contributed by atoms with Gasteiger partial charge in [-0.25, -0.2) is 0 Å². The molecule has 3 nitrogen and oxygen atoms in total. The van der Waals surface area contributed by atoms with Gasteiger partial charge < -0.3 is 14.2 Å². The Morgan fingerprint density at radius 3 is 1.92 bits per heavy atom. The molecule has 3 heteroatoms. The molecular formula is C48H30N2O. The zero-order valence-electron chi connectivity index (χ0n) is 27.6.